The number of methoxy groups -OCH3 is 1. The molecule has 0 radical (unpaired) electrons. The van der Waals surface area contributed by atoms with E-state index in [1.807, 2.05) is 12.1 Å². The maximum absolute atomic E-state index is 11.5. The average Bonchev–Trinajstić information content (AvgIpc) is 3.43. The van der Waals surface area contributed by atoms with Gasteiger partial charge in [-0.25, -0.2) is 4.79 Å². The van der Waals surface area contributed by atoms with Crippen LogP contribution in [0.25, 0.3) is 0 Å². The summed E-state index contributed by atoms with van der Waals surface area (Å²) in [5, 5.41) is 4.20. The first-order valence-electron chi connectivity index (χ1n) is 14.1. The summed E-state index contributed by atoms with van der Waals surface area (Å²) in [7, 11) is 1.38. The van der Waals surface area contributed by atoms with E-state index < -0.39 is 0 Å². The second-order valence-corrected chi connectivity index (χ2v) is 11.5. The van der Waals surface area contributed by atoms with E-state index in [9.17, 15) is 14.4 Å². The van der Waals surface area contributed by atoms with Gasteiger partial charge >= 0.3 is 12.1 Å². The van der Waals surface area contributed by atoms with E-state index in [4.69, 9.17) is 9.59 Å². The van der Waals surface area contributed by atoms with E-state index >= 15 is 0 Å². The highest BCUT2D eigenvalue weighted by Gasteiger charge is 2.39. The molecule has 2 aromatic rings. The first kappa shape index (κ1) is 32.5. The zero-order chi connectivity index (χ0) is 29.8. The molecule has 4 aliphatic heterocycles. The Labute approximate surface area is 250 Å². The maximum Gasteiger partial charge on any atom is 0.373 e. The number of carbonyl (C=O) groups excluding carboxylic acids is 5. The normalized spacial score (nSPS) is 24.0. The van der Waals surface area contributed by atoms with Gasteiger partial charge < -0.3 is 10.1 Å². The lowest BCUT2D eigenvalue weighted by Crippen LogP contribution is -2.42. The van der Waals surface area contributed by atoms with Crippen LogP contribution in [0.4, 0.5) is 0 Å². The second kappa shape index (κ2) is 16.5. The molecule has 0 aromatic heterocycles. The number of hydrogen-bond donors (Lipinski definition) is 1. The van der Waals surface area contributed by atoms with E-state index in [1.165, 1.54) is 43.9 Å². The lowest BCUT2D eigenvalue weighted by atomic mass is 10.0. The Hall–Kier alpha value is -2.97. The number of piperidine rings is 2. The highest BCUT2D eigenvalue weighted by Crippen LogP contribution is 2.35. The Morgan fingerprint density at radius 3 is 1.83 bits per heavy atom. The zero-order valence-corrected chi connectivity index (χ0v) is 25.4. The number of fused-ring (bicyclic) bond motifs is 4. The van der Waals surface area contributed by atoms with Crippen LogP contribution in [0.3, 0.4) is 0 Å². The van der Waals surface area contributed by atoms with Crippen LogP contribution in [0.5, 0.6) is 0 Å². The van der Waals surface area contributed by atoms with Gasteiger partial charge in [0.2, 0.25) is 0 Å². The monoisotopic (exact) mass is 626 g/mol. The van der Waals surface area contributed by atoms with E-state index in [1.54, 1.807) is 12.1 Å². The van der Waals surface area contributed by atoms with Crippen molar-refractivity contribution < 1.29 is 28.7 Å². The van der Waals surface area contributed by atoms with Crippen LogP contribution in [0.2, 0.25) is 0 Å². The number of benzene rings is 2. The number of aryl methyl sites for hydroxylation is 1. The molecule has 8 nitrogen and oxygen atoms in total. The van der Waals surface area contributed by atoms with Crippen LogP contribution in [-0.4, -0.2) is 59.9 Å². The Bertz CT molecular complexity index is 1160. The number of ketones is 2. The molecule has 41 heavy (non-hydrogen) atoms. The fourth-order valence-electron chi connectivity index (χ4n) is 5.93. The van der Waals surface area contributed by atoms with Crippen LogP contribution < -0.4 is 5.32 Å². The van der Waals surface area contributed by atoms with E-state index in [2.05, 4.69) is 62.1 Å². The molecule has 1 N–H and O–H groups in total. The summed E-state index contributed by atoms with van der Waals surface area (Å²) in [5.74, 6) is 0.634. The van der Waals surface area contributed by atoms with Crippen LogP contribution >= 0.6 is 15.9 Å². The van der Waals surface area contributed by atoms with Gasteiger partial charge in [-0.15, -0.1) is 0 Å². The van der Waals surface area contributed by atoms with Gasteiger partial charge in [-0.2, -0.15) is 9.59 Å². The van der Waals surface area contributed by atoms with Crippen LogP contribution in [0.15, 0.2) is 48.5 Å². The molecular weight excluding hydrogens is 588 g/mol. The van der Waals surface area contributed by atoms with Crippen molar-refractivity contribution in [3.63, 3.8) is 0 Å². The van der Waals surface area contributed by atoms with Gasteiger partial charge in [0.05, 0.1) is 12.7 Å². The number of nitrogens with one attached hydrogen (secondary N) is 1. The van der Waals surface area contributed by atoms with E-state index in [0.717, 1.165) is 43.1 Å². The number of carbonyl (C=O) groups is 3. The van der Waals surface area contributed by atoms with Crippen molar-refractivity contribution in [1.29, 1.82) is 0 Å². The van der Waals surface area contributed by atoms with Crippen molar-refractivity contribution in [2.75, 3.05) is 7.11 Å². The van der Waals surface area contributed by atoms with E-state index in [-0.39, 0.29) is 12.1 Å². The molecule has 0 amide bonds. The van der Waals surface area contributed by atoms with Crippen molar-refractivity contribution in [3.05, 3.63) is 70.8 Å². The van der Waals surface area contributed by atoms with Crippen molar-refractivity contribution in [2.24, 2.45) is 0 Å². The zero-order valence-electron chi connectivity index (χ0n) is 23.8. The van der Waals surface area contributed by atoms with Crippen molar-refractivity contribution in [1.82, 2.24) is 10.2 Å². The summed E-state index contributed by atoms with van der Waals surface area (Å²) < 4.78 is 4.56. The largest absolute Gasteiger partial charge is 0.465 e. The molecule has 4 aliphatic rings. The molecule has 220 valence electrons. The molecule has 0 aliphatic carbocycles. The van der Waals surface area contributed by atoms with Crippen LogP contribution in [0.1, 0.15) is 78.4 Å². The highest BCUT2D eigenvalue weighted by atomic mass is 79.9. The summed E-state index contributed by atoms with van der Waals surface area (Å²) in [5.41, 5.74) is 4.41. The quantitative estimate of drug-likeness (QED) is 0.375. The molecule has 4 bridgehead atoms. The van der Waals surface area contributed by atoms with Gasteiger partial charge in [-0.05, 0) is 55.9 Å². The molecule has 0 saturated carbocycles. The summed E-state index contributed by atoms with van der Waals surface area (Å²) in [6, 6.07) is 18.2. The first-order valence-corrected chi connectivity index (χ1v) is 15.2. The Balaban J connectivity index is 0.000000169. The van der Waals surface area contributed by atoms with Gasteiger partial charge in [-0.3, -0.25) is 14.5 Å². The van der Waals surface area contributed by atoms with Gasteiger partial charge in [0.1, 0.15) is 11.6 Å². The standard InChI is InChI=1S/C15H19NO.C9H9BrO2.C7H11NO.CO2/c1-11-2-4-12(5-3-11)10-16-13-6-7-14(16)9-15(17)8-13;1-12-9(11)8-4-2-7(6-10)3-5-8;9-7-3-5-1-2-6(4-7)8-5;2-1-3/h2-5,13-14H,6-10H2,1H3;2-5H,6H2,1H3;5-6,8H,1-4H2;. The third-order valence-electron chi connectivity index (χ3n) is 8.00. The predicted octanol–water partition coefficient (Wildman–Crippen LogP) is 4.95. The van der Waals surface area contributed by atoms with Gasteiger partial charge in [0.25, 0.3) is 0 Å². The smallest absolute Gasteiger partial charge is 0.373 e. The molecule has 9 heteroatoms. The molecule has 4 atom stereocenters. The fourth-order valence-corrected chi connectivity index (χ4v) is 6.30. The lowest BCUT2D eigenvalue weighted by molar-refractivity contribution is -0.191. The average molecular weight is 628 g/mol. The summed E-state index contributed by atoms with van der Waals surface area (Å²) in [4.78, 5) is 52.2. The van der Waals surface area contributed by atoms with Gasteiger partial charge in [0.15, 0.2) is 0 Å². The van der Waals surface area contributed by atoms with Gasteiger partial charge in [0, 0.05) is 61.7 Å². The minimum atomic E-state index is -0.295. The summed E-state index contributed by atoms with van der Waals surface area (Å²) in [6.45, 7) is 3.13. The predicted molar refractivity (Wildman–Crippen MR) is 157 cm³/mol. The minimum Gasteiger partial charge on any atom is -0.465 e. The van der Waals surface area contributed by atoms with E-state index in [0.29, 0.717) is 41.3 Å². The van der Waals surface area contributed by atoms with Crippen molar-refractivity contribution in [3.8, 4) is 0 Å². The number of nitrogens with zero attached hydrogens (tertiary/aromatic N) is 1. The third-order valence-corrected chi connectivity index (χ3v) is 8.64. The number of alkyl halides is 1. The number of Topliss-reactive ketones (excluding diaryl/α,β-unsaturated/α-hetero) is 2. The number of hydrogen-bond acceptors (Lipinski definition) is 8. The Morgan fingerprint density at radius 1 is 0.854 bits per heavy atom. The topological polar surface area (TPSA) is 110 Å². The minimum absolute atomic E-state index is 0.250. The molecule has 2 aromatic carbocycles. The molecule has 4 saturated heterocycles. The number of esters is 1. The first-order chi connectivity index (χ1) is 19.8. The molecule has 4 heterocycles. The fraction of sp³-hybridized carbons (Fsp3) is 0.500. The molecule has 0 spiro atoms. The molecule has 4 fully saturated rings. The summed E-state index contributed by atoms with van der Waals surface area (Å²) >= 11 is 3.32. The SMILES string of the molecule is COC(=O)c1ccc(CBr)cc1.Cc1ccc(CN2C3CCC2CC(=O)C3)cc1.O=C1CC2CCC(C1)N2.O=C=O. The second-order valence-electron chi connectivity index (χ2n) is 11.0. The lowest BCUT2D eigenvalue weighted by Gasteiger charge is -2.33. The van der Waals surface area contributed by atoms with Gasteiger partial charge in [-0.1, -0.05) is 57.9 Å². The number of ether oxygens (including phenoxy) is 1. The Kier molecular flexibility index (Phi) is 13.1. The summed E-state index contributed by atoms with van der Waals surface area (Å²) in [6.07, 6.45) is 8.25. The highest BCUT2D eigenvalue weighted by molar-refractivity contribution is 9.08. The van der Waals surface area contributed by atoms with Crippen LogP contribution in [-0.2, 0) is 35.8 Å². The molecule has 4 unspecified atom stereocenters. The third kappa shape index (κ3) is 10.1. The maximum atomic E-state index is 11.5. The van der Waals surface area contributed by atoms with Crippen LogP contribution in [0, 0.1) is 6.92 Å². The number of rotatable bonds is 4. The molecule has 6 rings (SSSR count). The Morgan fingerprint density at radius 2 is 1.34 bits per heavy atom. The molecular formula is C32H39BrN2O6. The number of halogens is 1. The van der Waals surface area contributed by atoms with Crippen molar-refractivity contribution in [2.45, 2.75) is 94.3 Å². The van der Waals surface area contributed by atoms with Crippen molar-refractivity contribution >= 4 is 39.6 Å².